The van der Waals surface area contributed by atoms with Gasteiger partial charge in [-0.05, 0) is 18.4 Å². The molecule has 1 aliphatic carbocycles. The van der Waals surface area contributed by atoms with Crippen molar-refractivity contribution in [1.29, 1.82) is 0 Å². The van der Waals surface area contributed by atoms with Crippen molar-refractivity contribution >= 4 is 23.2 Å². The molecule has 2 N–H and O–H groups in total. The number of amides is 1. The number of nitrogens with zero attached hydrogens (tertiary/aromatic N) is 3. The molecule has 1 fully saturated rings. The highest BCUT2D eigenvalue weighted by molar-refractivity contribution is 5.88. The molecule has 2 aromatic heterocycles. The molecular weight excluding hydrogens is 432 g/mol. The van der Waals surface area contributed by atoms with Crippen molar-refractivity contribution in [2.24, 2.45) is 0 Å². The first-order valence-electron chi connectivity index (χ1n) is 10.4. The van der Waals surface area contributed by atoms with Crippen LogP contribution in [-0.2, 0) is 17.3 Å². The zero-order valence-electron chi connectivity index (χ0n) is 18.1. The molecule has 1 saturated carbocycles. The summed E-state index contributed by atoms with van der Waals surface area (Å²) in [4.78, 5) is 23.5. The molecule has 1 amide bonds. The van der Waals surface area contributed by atoms with Gasteiger partial charge in [0.05, 0.1) is 11.9 Å². The molecule has 33 heavy (non-hydrogen) atoms. The van der Waals surface area contributed by atoms with E-state index in [9.17, 15) is 13.6 Å². The van der Waals surface area contributed by atoms with Crippen molar-refractivity contribution in [3.8, 4) is 11.6 Å². The lowest BCUT2D eigenvalue weighted by atomic mass is 10.2. The zero-order valence-corrected chi connectivity index (χ0v) is 18.1. The third kappa shape index (κ3) is 6.34. The van der Waals surface area contributed by atoms with Crippen molar-refractivity contribution in [3.05, 3.63) is 60.0 Å². The van der Waals surface area contributed by atoms with Gasteiger partial charge in [0.15, 0.2) is 5.75 Å². The molecule has 3 aromatic rings. The molecular formula is C23H23F2N5O3. The summed E-state index contributed by atoms with van der Waals surface area (Å²) >= 11 is 0. The Balaban J connectivity index is 1.64. The van der Waals surface area contributed by atoms with Crippen molar-refractivity contribution in [2.45, 2.75) is 45.3 Å². The van der Waals surface area contributed by atoms with Gasteiger partial charge < -0.3 is 20.1 Å². The van der Waals surface area contributed by atoms with E-state index in [4.69, 9.17) is 9.47 Å². The summed E-state index contributed by atoms with van der Waals surface area (Å²) in [5.41, 5.74) is 1.32. The molecule has 0 radical (unpaired) electrons. The fourth-order valence-electron chi connectivity index (χ4n) is 2.88. The van der Waals surface area contributed by atoms with Crippen LogP contribution >= 0.6 is 0 Å². The fourth-order valence-corrected chi connectivity index (χ4v) is 2.88. The fraction of sp³-hybridized carbons (Fsp3) is 0.304. The van der Waals surface area contributed by atoms with Crippen LogP contribution in [0.15, 0.2) is 48.7 Å². The van der Waals surface area contributed by atoms with Crippen LogP contribution in [0.1, 0.15) is 38.1 Å². The second-order valence-electron chi connectivity index (χ2n) is 7.77. The number of ether oxygens (including phenoxy) is 2. The maximum absolute atomic E-state index is 14.0. The lowest BCUT2D eigenvalue weighted by Crippen LogP contribution is -2.15. The third-order valence-corrected chi connectivity index (χ3v) is 4.58. The molecule has 2 heterocycles. The summed E-state index contributed by atoms with van der Waals surface area (Å²) in [5, 5.41) is 5.58. The number of carbonyl (C=O) groups is 1. The molecule has 0 spiro atoms. The number of hydrogen-bond acceptors (Lipinski definition) is 7. The average molecular weight is 455 g/mol. The van der Waals surface area contributed by atoms with Gasteiger partial charge in [0.2, 0.25) is 17.6 Å². The minimum atomic E-state index is -3.26. The van der Waals surface area contributed by atoms with Crippen LogP contribution in [0.4, 0.5) is 26.1 Å². The van der Waals surface area contributed by atoms with Crippen LogP contribution < -0.4 is 20.1 Å². The number of aromatic nitrogens is 3. The van der Waals surface area contributed by atoms with Crippen LogP contribution in [0.25, 0.3) is 0 Å². The number of halogens is 2. The number of nitrogens with one attached hydrogen (secondary N) is 2. The van der Waals surface area contributed by atoms with Crippen LogP contribution in [0, 0.1) is 0 Å². The Hall–Kier alpha value is -3.82. The summed E-state index contributed by atoms with van der Waals surface area (Å²) < 4.78 is 39.5. The SMILES string of the molecule is CC(=O)Nc1cc(Nc2cc(OC3CC3)nc(C(C)(F)F)n2)c(OCc2ccccc2)cn1. The van der Waals surface area contributed by atoms with E-state index < -0.39 is 11.7 Å². The standard InChI is InChI=1S/C23H23F2N5O3/c1-14(31)27-19-10-17(18(12-26-19)32-13-15-6-4-3-5-7-15)28-20-11-21(33-16-8-9-16)30-22(29-20)23(2,24)25/h3-7,10-12,16H,8-9,13H2,1-2H3,(H2,26,27,28,29,30,31). The minimum Gasteiger partial charge on any atom is -0.485 e. The molecule has 10 heteroatoms. The quantitative estimate of drug-likeness (QED) is 0.478. The average Bonchev–Trinajstić information content (AvgIpc) is 3.57. The lowest BCUT2D eigenvalue weighted by Gasteiger charge is -2.16. The van der Waals surface area contributed by atoms with Gasteiger partial charge in [-0.15, -0.1) is 0 Å². The Bertz CT molecular complexity index is 1130. The number of hydrogen-bond donors (Lipinski definition) is 2. The highest BCUT2D eigenvalue weighted by Gasteiger charge is 2.31. The number of rotatable bonds is 9. The highest BCUT2D eigenvalue weighted by atomic mass is 19.3. The smallest absolute Gasteiger partial charge is 0.304 e. The van der Waals surface area contributed by atoms with Gasteiger partial charge in [-0.2, -0.15) is 13.8 Å². The number of benzene rings is 1. The first kappa shape index (κ1) is 22.4. The van der Waals surface area contributed by atoms with Crippen LogP contribution in [-0.4, -0.2) is 27.0 Å². The Kier molecular flexibility index (Phi) is 6.34. The minimum absolute atomic E-state index is 0.0249. The summed E-state index contributed by atoms with van der Waals surface area (Å²) in [5.74, 6) is -3.45. The molecule has 0 unspecified atom stereocenters. The van der Waals surface area contributed by atoms with E-state index in [2.05, 4.69) is 25.6 Å². The van der Waals surface area contributed by atoms with Crippen LogP contribution in [0.3, 0.4) is 0 Å². The van der Waals surface area contributed by atoms with Crippen LogP contribution in [0.5, 0.6) is 11.6 Å². The first-order chi connectivity index (χ1) is 15.8. The molecule has 1 aromatic carbocycles. The zero-order chi connectivity index (χ0) is 23.4. The number of carbonyl (C=O) groups excluding carboxylic acids is 1. The summed E-state index contributed by atoms with van der Waals surface area (Å²) in [7, 11) is 0. The van der Waals surface area contributed by atoms with E-state index in [0.717, 1.165) is 25.3 Å². The van der Waals surface area contributed by atoms with Gasteiger partial charge in [0, 0.05) is 26.0 Å². The molecule has 0 bridgehead atoms. The molecule has 0 aliphatic heterocycles. The summed E-state index contributed by atoms with van der Waals surface area (Å²) in [6.45, 7) is 2.34. The molecule has 0 atom stereocenters. The molecule has 0 saturated heterocycles. The largest absolute Gasteiger partial charge is 0.485 e. The molecule has 8 nitrogen and oxygen atoms in total. The van der Waals surface area contributed by atoms with E-state index in [1.165, 1.54) is 25.3 Å². The Morgan fingerprint density at radius 1 is 1.15 bits per heavy atom. The van der Waals surface area contributed by atoms with Crippen molar-refractivity contribution in [2.75, 3.05) is 10.6 Å². The molecule has 172 valence electrons. The number of alkyl halides is 2. The van der Waals surface area contributed by atoms with E-state index in [-0.39, 0.29) is 36.1 Å². The molecule has 1 aliphatic rings. The highest BCUT2D eigenvalue weighted by Crippen LogP contribution is 2.34. The lowest BCUT2D eigenvalue weighted by molar-refractivity contribution is -0.114. The van der Waals surface area contributed by atoms with Gasteiger partial charge in [-0.3, -0.25) is 4.79 Å². The maximum Gasteiger partial charge on any atom is 0.304 e. The molecule has 4 rings (SSSR count). The van der Waals surface area contributed by atoms with Gasteiger partial charge in [0.1, 0.15) is 24.3 Å². The van der Waals surface area contributed by atoms with E-state index in [1.54, 1.807) is 0 Å². The van der Waals surface area contributed by atoms with E-state index >= 15 is 0 Å². The number of pyridine rings is 1. The predicted molar refractivity (Wildman–Crippen MR) is 118 cm³/mol. The first-order valence-corrected chi connectivity index (χ1v) is 10.4. The third-order valence-electron chi connectivity index (χ3n) is 4.58. The van der Waals surface area contributed by atoms with Crippen molar-refractivity contribution in [3.63, 3.8) is 0 Å². The normalized spacial score (nSPS) is 13.3. The monoisotopic (exact) mass is 455 g/mol. The number of anilines is 3. The van der Waals surface area contributed by atoms with Gasteiger partial charge in [0.25, 0.3) is 0 Å². The van der Waals surface area contributed by atoms with Crippen molar-refractivity contribution in [1.82, 2.24) is 15.0 Å². The maximum atomic E-state index is 14.0. The Morgan fingerprint density at radius 3 is 2.58 bits per heavy atom. The topological polar surface area (TPSA) is 98.3 Å². The van der Waals surface area contributed by atoms with Gasteiger partial charge in [-0.25, -0.2) is 9.97 Å². The van der Waals surface area contributed by atoms with Crippen LogP contribution in [0.2, 0.25) is 0 Å². The predicted octanol–water partition coefficient (Wildman–Crippen LogP) is 4.81. The van der Waals surface area contributed by atoms with Crippen molar-refractivity contribution < 1.29 is 23.0 Å². The Morgan fingerprint density at radius 2 is 1.91 bits per heavy atom. The van der Waals surface area contributed by atoms with Gasteiger partial charge >= 0.3 is 5.92 Å². The van der Waals surface area contributed by atoms with E-state index in [1.807, 2.05) is 30.3 Å². The van der Waals surface area contributed by atoms with Gasteiger partial charge in [-0.1, -0.05) is 30.3 Å². The summed E-state index contributed by atoms with van der Waals surface area (Å²) in [6.07, 6.45) is 3.12. The van der Waals surface area contributed by atoms with E-state index in [0.29, 0.717) is 11.4 Å². The Labute approximate surface area is 189 Å². The summed E-state index contributed by atoms with van der Waals surface area (Å²) in [6, 6.07) is 12.5. The second kappa shape index (κ2) is 9.35. The second-order valence-corrected chi connectivity index (χ2v) is 7.77.